The van der Waals surface area contributed by atoms with Crippen molar-refractivity contribution >= 4 is 40.7 Å². The maximum Gasteiger partial charge on any atom is 0.320 e. The van der Waals surface area contributed by atoms with E-state index in [9.17, 15) is 4.79 Å². The topological polar surface area (TPSA) is 137 Å². The Kier molecular flexibility index (Phi) is 24.9. The quantitative estimate of drug-likeness (QED) is 0.284. The number of nitrogens with two attached hydrogens (primary N) is 2. The van der Waals surface area contributed by atoms with Crippen LogP contribution in [0.3, 0.4) is 0 Å². The first kappa shape index (κ1) is 20.4. The lowest BCUT2D eigenvalue weighted by molar-refractivity contribution is -0.138. The largest absolute Gasteiger partial charge is 0.480 e. The second-order valence-corrected chi connectivity index (χ2v) is 2.84. The molecule has 0 fully saturated rings. The molecule has 16 heavy (non-hydrogen) atoms. The van der Waals surface area contributed by atoms with Crippen molar-refractivity contribution < 1.29 is 9.90 Å². The highest BCUT2D eigenvalue weighted by molar-refractivity contribution is 7.78. The van der Waals surface area contributed by atoms with E-state index in [1.807, 2.05) is 0 Å². The van der Waals surface area contributed by atoms with Crippen molar-refractivity contribution in [3.63, 3.8) is 0 Å². The van der Waals surface area contributed by atoms with Gasteiger partial charge in [0.05, 0.1) is 10.3 Å². The molecule has 92 valence electrons. The number of carboxylic acids is 1. The molecule has 6 nitrogen and oxygen atoms in total. The number of rotatable bonds is 5. The molecular formula is C8H16N4O2S2. The minimum absolute atomic E-state index is 0.520. The molecule has 0 spiro atoms. The average molecular weight is 264 g/mol. The normalized spacial score (nSPS) is 9.12. The number of aliphatic carboxylic acids is 1. The van der Waals surface area contributed by atoms with Crippen LogP contribution >= 0.6 is 24.4 Å². The van der Waals surface area contributed by atoms with Gasteiger partial charge in [-0.15, -0.1) is 0 Å². The third kappa shape index (κ3) is 29.3. The van der Waals surface area contributed by atoms with Gasteiger partial charge in [0.1, 0.15) is 6.04 Å². The molecule has 0 bridgehead atoms. The zero-order valence-corrected chi connectivity index (χ0v) is 10.4. The number of hydrogen-bond acceptors (Lipinski definition) is 7. The first-order valence-electron chi connectivity index (χ1n) is 4.27. The molecule has 0 aromatic heterocycles. The van der Waals surface area contributed by atoms with Crippen LogP contribution in [0.1, 0.15) is 19.3 Å². The van der Waals surface area contributed by atoms with E-state index in [0.29, 0.717) is 13.0 Å². The van der Waals surface area contributed by atoms with Crippen LogP contribution in [-0.2, 0) is 4.79 Å². The summed E-state index contributed by atoms with van der Waals surface area (Å²) in [5, 5.41) is 23.0. The summed E-state index contributed by atoms with van der Waals surface area (Å²) in [6, 6.07) is -0.716. The number of carbonyl (C=O) groups is 1. The molecule has 0 aromatic carbocycles. The number of nitrogens with one attached hydrogen (secondary N) is 2. The van der Waals surface area contributed by atoms with Crippen LogP contribution < -0.4 is 11.5 Å². The van der Waals surface area contributed by atoms with Gasteiger partial charge in [-0.3, -0.25) is 4.79 Å². The lowest BCUT2D eigenvalue weighted by atomic mass is 10.1. The Morgan fingerprint density at radius 3 is 1.94 bits per heavy atom. The average Bonchev–Trinajstić information content (AvgIpc) is 2.20. The second kappa shape index (κ2) is 19.5. The SMILES string of the molecule is N=C=S.N=C=S.NCCCCC(N)C(=O)O. The molecule has 0 aromatic rings. The van der Waals surface area contributed by atoms with Crippen LogP contribution in [0.2, 0.25) is 0 Å². The number of isothiocyanates is 2. The lowest BCUT2D eigenvalue weighted by Crippen LogP contribution is -2.29. The van der Waals surface area contributed by atoms with Crippen LogP contribution in [0.4, 0.5) is 0 Å². The first-order valence-corrected chi connectivity index (χ1v) is 5.09. The standard InChI is InChI=1S/C6H14N2O2.2CHNS/c7-4-2-1-3-5(8)6(9)10;2*2-1-3/h5H,1-4,7-8H2,(H,9,10);2*2H. The third-order valence-corrected chi connectivity index (χ3v) is 1.29. The van der Waals surface area contributed by atoms with E-state index in [0.717, 1.165) is 12.8 Å². The first-order chi connectivity index (χ1) is 7.51. The van der Waals surface area contributed by atoms with Gasteiger partial charge in [-0.25, -0.2) is 10.8 Å². The highest BCUT2D eigenvalue weighted by atomic mass is 32.1. The Morgan fingerprint density at radius 1 is 1.31 bits per heavy atom. The summed E-state index contributed by atoms with van der Waals surface area (Å²) in [5.74, 6) is -0.933. The van der Waals surface area contributed by atoms with Gasteiger partial charge in [0, 0.05) is 0 Å². The molecular weight excluding hydrogens is 248 g/mol. The van der Waals surface area contributed by atoms with E-state index < -0.39 is 12.0 Å². The Labute approximate surface area is 105 Å². The van der Waals surface area contributed by atoms with Crippen molar-refractivity contribution in [1.29, 1.82) is 10.8 Å². The molecule has 0 saturated heterocycles. The molecule has 8 heteroatoms. The maximum atomic E-state index is 10.1. The fraction of sp³-hybridized carbons (Fsp3) is 0.625. The van der Waals surface area contributed by atoms with E-state index in [1.165, 1.54) is 0 Å². The van der Waals surface area contributed by atoms with Crippen LogP contribution in [0.5, 0.6) is 0 Å². The van der Waals surface area contributed by atoms with Gasteiger partial charge < -0.3 is 16.6 Å². The van der Waals surface area contributed by atoms with Gasteiger partial charge in [0.15, 0.2) is 0 Å². The Morgan fingerprint density at radius 2 is 1.69 bits per heavy atom. The van der Waals surface area contributed by atoms with Gasteiger partial charge in [-0.05, 0) is 43.8 Å². The van der Waals surface area contributed by atoms with Crippen LogP contribution in [-0.4, -0.2) is 34.0 Å². The zero-order chi connectivity index (χ0) is 13.4. The molecule has 0 radical (unpaired) electrons. The molecule has 7 N–H and O–H groups in total. The molecule has 0 rings (SSSR count). The van der Waals surface area contributed by atoms with Crippen molar-refractivity contribution in [2.45, 2.75) is 25.3 Å². The number of hydrogen-bond donors (Lipinski definition) is 5. The molecule has 0 saturated carbocycles. The zero-order valence-electron chi connectivity index (χ0n) is 8.73. The summed E-state index contributed by atoms with van der Waals surface area (Å²) in [7, 11) is 0. The van der Waals surface area contributed by atoms with Crippen molar-refractivity contribution in [1.82, 2.24) is 0 Å². The lowest BCUT2D eigenvalue weighted by Gasteiger charge is -2.03. The van der Waals surface area contributed by atoms with Crippen molar-refractivity contribution in [2.75, 3.05) is 6.54 Å². The Balaban J connectivity index is -0.000000235. The Bertz CT molecular complexity index is 224. The van der Waals surface area contributed by atoms with Gasteiger partial charge >= 0.3 is 5.97 Å². The third-order valence-electron chi connectivity index (χ3n) is 1.29. The van der Waals surface area contributed by atoms with Crippen molar-refractivity contribution in [2.24, 2.45) is 11.5 Å². The van der Waals surface area contributed by atoms with E-state index in [4.69, 9.17) is 27.4 Å². The van der Waals surface area contributed by atoms with Crippen LogP contribution in [0, 0.1) is 10.8 Å². The van der Waals surface area contributed by atoms with Gasteiger partial charge in [-0.2, -0.15) is 0 Å². The molecule has 0 heterocycles. The molecule has 0 aliphatic carbocycles. The predicted molar refractivity (Wildman–Crippen MR) is 69.2 cm³/mol. The van der Waals surface area contributed by atoms with E-state index in [1.54, 1.807) is 10.3 Å². The molecule has 0 aliphatic heterocycles. The van der Waals surface area contributed by atoms with Gasteiger partial charge in [0.2, 0.25) is 0 Å². The summed E-state index contributed by atoms with van der Waals surface area (Å²) >= 11 is 7.62. The molecule has 1 atom stereocenters. The van der Waals surface area contributed by atoms with E-state index in [-0.39, 0.29) is 0 Å². The van der Waals surface area contributed by atoms with Crippen LogP contribution in [0.15, 0.2) is 0 Å². The van der Waals surface area contributed by atoms with Crippen LogP contribution in [0.25, 0.3) is 0 Å². The van der Waals surface area contributed by atoms with Gasteiger partial charge in [0.25, 0.3) is 0 Å². The highest BCUT2D eigenvalue weighted by Gasteiger charge is 2.09. The minimum atomic E-state index is -0.933. The van der Waals surface area contributed by atoms with Gasteiger partial charge in [-0.1, -0.05) is 6.42 Å². The smallest absolute Gasteiger partial charge is 0.320 e. The fourth-order valence-corrected chi connectivity index (χ4v) is 0.632. The molecule has 0 aliphatic rings. The van der Waals surface area contributed by atoms with Crippen molar-refractivity contribution in [3.05, 3.63) is 0 Å². The highest BCUT2D eigenvalue weighted by Crippen LogP contribution is 1.96. The monoisotopic (exact) mass is 264 g/mol. The fourth-order valence-electron chi connectivity index (χ4n) is 0.632. The predicted octanol–water partition coefficient (Wildman–Crippen LogP) is 0.863. The van der Waals surface area contributed by atoms with E-state index >= 15 is 0 Å². The number of carboxylic acid groups (broad SMARTS) is 1. The number of thiocarbonyl (C=S) groups is 2. The molecule has 1 unspecified atom stereocenters. The summed E-state index contributed by atoms with van der Waals surface area (Å²) in [5.41, 5.74) is 10.4. The van der Waals surface area contributed by atoms with Crippen molar-refractivity contribution in [3.8, 4) is 0 Å². The summed E-state index contributed by atoms with van der Waals surface area (Å²) in [4.78, 5) is 10.1. The Hall–Kier alpha value is -1.01. The maximum absolute atomic E-state index is 10.1. The van der Waals surface area contributed by atoms with E-state index in [2.05, 4.69) is 24.4 Å². The minimum Gasteiger partial charge on any atom is -0.480 e. The second-order valence-electron chi connectivity index (χ2n) is 2.43. The summed E-state index contributed by atoms with van der Waals surface area (Å²) in [6.45, 7) is 0.604. The summed E-state index contributed by atoms with van der Waals surface area (Å²) in [6.07, 6.45) is 2.16. The molecule has 0 amide bonds. The number of unbranched alkanes of at least 4 members (excludes halogenated alkanes) is 1. The summed E-state index contributed by atoms with van der Waals surface area (Å²) < 4.78 is 0.